The molecule has 0 bridgehead atoms. The topological polar surface area (TPSA) is 71.4 Å². The van der Waals surface area contributed by atoms with Crippen LogP contribution in [0.3, 0.4) is 0 Å². The molecular weight excluding hydrogens is 200 g/mol. The Labute approximate surface area is 76.7 Å². The molecule has 12 heavy (non-hydrogen) atoms. The number of thiol groups is 1. The first-order valence-corrected chi connectivity index (χ1v) is 6.29. The summed E-state index contributed by atoms with van der Waals surface area (Å²) in [7, 11) is -3.18. The molecule has 0 aliphatic heterocycles. The number of carboxylic acid groups (broad SMARTS) is 1. The van der Waals surface area contributed by atoms with Gasteiger partial charge in [-0.05, 0) is 24.5 Å². The Hall–Kier alpha value is -0.230. The Balaban J connectivity index is 3.29. The molecule has 6 heteroatoms. The second-order valence-electron chi connectivity index (χ2n) is 2.49. The first-order chi connectivity index (χ1) is 5.42. The van der Waals surface area contributed by atoms with Gasteiger partial charge in [-0.15, -0.1) is 0 Å². The van der Waals surface area contributed by atoms with Gasteiger partial charge in [0.2, 0.25) is 0 Å². The molecule has 1 N–H and O–H groups in total. The molecule has 0 aromatic carbocycles. The number of aliphatic carboxylic acids is 1. The fraction of sp³-hybridized carbons (Fsp3) is 0.833. The molecule has 0 amide bonds. The normalized spacial score (nSPS) is 11.4. The first kappa shape index (κ1) is 11.8. The van der Waals surface area contributed by atoms with Crippen molar-refractivity contribution in [1.82, 2.24) is 0 Å². The van der Waals surface area contributed by atoms with E-state index in [0.717, 1.165) is 0 Å². The van der Waals surface area contributed by atoms with Gasteiger partial charge in [-0.25, -0.2) is 8.42 Å². The fourth-order valence-corrected chi connectivity index (χ4v) is 1.69. The molecule has 0 aliphatic rings. The van der Waals surface area contributed by atoms with E-state index in [1.165, 1.54) is 0 Å². The average molecular weight is 212 g/mol. The van der Waals surface area contributed by atoms with Crippen LogP contribution in [0.1, 0.15) is 25.7 Å². The Morgan fingerprint density at radius 2 is 1.83 bits per heavy atom. The van der Waals surface area contributed by atoms with E-state index in [-0.39, 0.29) is 12.2 Å². The zero-order chi connectivity index (χ0) is 9.61. The van der Waals surface area contributed by atoms with Crippen molar-refractivity contribution >= 4 is 26.5 Å². The predicted molar refractivity (Wildman–Crippen MR) is 48.9 cm³/mol. The highest BCUT2D eigenvalue weighted by Crippen LogP contribution is 2.04. The molecule has 0 aromatic heterocycles. The summed E-state index contributed by atoms with van der Waals surface area (Å²) < 4.78 is 21.0. The van der Waals surface area contributed by atoms with E-state index in [1.807, 2.05) is 0 Å². The standard InChI is InChI=1S/C6H12O4S2/c7-6(8)4-2-1-3-5-12(9,10)11/h1-5H2,(H,7,8)(H,9,10,11). The lowest BCUT2D eigenvalue weighted by Crippen LogP contribution is -1.98. The zero-order valence-corrected chi connectivity index (χ0v) is 8.27. The molecule has 0 aliphatic carbocycles. The van der Waals surface area contributed by atoms with Crippen molar-refractivity contribution in [3.63, 3.8) is 0 Å². The van der Waals surface area contributed by atoms with Crippen molar-refractivity contribution in [2.75, 3.05) is 5.75 Å². The van der Waals surface area contributed by atoms with Gasteiger partial charge in [-0.1, -0.05) is 6.42 Å². The minimum absolute atomic E-state index is 0.0235. The molecule has 0 aromatic rings. The molecule has 72 valence electrons. The number of carboxylic acids is 1. The van der Waals surface area contributed by atoms with Crippen molar-refractivity contribution in [2.24, 2.45) is 0 Å². The van der Waals surface area contributed by atoms with Crippen LogP contribution in [-0.4, -0.2) is 25.2 Å². The Morgan fingerprint density at radius 3 is 2.25 bits per heavy atom. The number of hydrogen-bond acceptors (Lipinski definition) is 3. The third-order valence-corrected chi connectivity index (χ3v) is 2.65. The van der Waals surface area contributed by atoms with Crippen LogP contribution in [0.2, 0.25) is 0 Å². The number of unbranched alkanes of at least 4 members (excludes halogenated alkanes) is 2. The largest absolute Gasteiger partial charge is 0.481 e. The average Bonchev–Trinajstić information content (AvgIpc) is 1.83. The molecule has 4 nitrogen and oxygen atoms in total. The monoisotopic (exact) mass is 212 g/mol. The van der Waals surface area contributed by atoms with E-state index in [4.69, 9.17) is 5.11 Å². The zero-order valence-electron chi connectivity index (χ0n) is 6.56. The summed E-state index contributed by atoms with van der Waals surface area (Å²) in [5.41, 5.74) is 0. The predicted octanol–water partition coefficient (Wildman–Crippen LogP) is 0.891. The molecule has 0 fully saturated rings. The maximum absolute atomic E-state index is 10.5. The van der Waals surface area contributed by atoms with Crippen LogP contribution in [0.25, 0.3) is 0 Å². The van der Waals surface area contributed by atoms with Gasteiger partial charge in [-0.2, -0.15) is 0 Å². The second-order valence-corrected chi connectivity index (χ2v) is 5.73. The molecule has 0 saturated heterocycles. The van der Waals surface area contributed by atoms with Crippen LogP contribution in [0.4, 0.5) is 0 Å². The lowest BCUT2D eigenvalue weighted by Gasteiger charge is -1.96. The van der Waals surface area contributed by atoms with Gasteiger partial charge in [0.25, 0.3) is 0 Å². The van der Waals surface area contributed by atoms with Crippen LogP contribution in [0.15, 0.2) is 0 Å². The summed E-state index contributed by atoms with van der Waals surface area (Å²) >= 11 is 3.35. The van der Waals surface area contributed by atoms with Crippen molar-refractivity contribution in [3.05, 3.63) is 0 Å². The van der Waals surface area contributed by atoms with Crippen LogP contribution in [0.5, 0.6) is 0 Å². The molecule has 0 radical (unpaired) electrons. The van der Waals surface area contributed by atoms with Crippen LogP contribution >= 0.6 is 11.7 Å². The van der Waals surface area contributed by atoms with E-state index in [0.29, 0.717) is 19.3 Å². The van der Waals surface area contributed by atoms with E-state index >= 15 is 0 Å². The number of rotatable bonds is 6. The number of hydrogen-bond donors (Lipinski definition) is 2. The van der Waals surface area contributed by atoms with E-state index < -0.39 is 14.8 Å². The summed E-state index contributed by atoms with van der Waals surface area (Å²) in [6.45, 7) is 0. The smallest absolute Gasteiger partial charge is 0.303 e. The van der Waals surface area contributed by atoms with Gasteiger partial charge >= 0.3 is 5.97 Å². The minimum atomic E-state index is -3.18. The summed E-state index contributed by atoms with van der Waals surface area (Å²) in [5.74, 6) is -0.820. The van der Waals surface area contributed by atoms with Crippen molar-refractivity contribution in [1.29, 1.82) is 0 Å². The molecule has 0 heterocycles. The first-order valence-electron chi connectivity index (χ1n) is 3.59. The van der Waals surface area contributed by atoms with Crippen molar-refractivity contribution in [2.45, 2.75) is 25.7 Å². The summed E-state index contributed by atoms with van der Waals surface area (Å²) in [5, 5.41) is 8.24. The van der Waals surface area contributed by atoms with Crippen LogP contribution < -0.4 is 0 Å². The summed E-state index contributed by atoms with van der Waals surface area (Å²) in [6, 6.07) is 0. The second kappa shape index (κ2) is 5.42. The quantitative estimate of drug-likeness (QED) is 0.390. The number of carbonyl (C=O) groups is 1. The Bertz CT molecular complexity index is 232. The molecule has 0 saturated carbocycles. The molecule has 0 rings (SSSR count). The van der Waals surface area contributed by atoms with Gasteiger partial charge in [-0.3, -0.25) is 4.79 Å². The van der Waals surface area contributed by atoms with Gasteiger partial charge in [0, 0.05) is 6.42 Å². The molecular formula is C6H12O4S2. The van der Waals surface area contributed by atoms with Crippen LogP contribution in [-0.2, 0) is 13.7 Å². The lowest BCUT2D eigenvalue weighted by molar-refractivity contribution is -0.137. The summed E-state index contributed by atoms with van der Waals surface area (Å²) in [6.07, 6.45) is 1.73. The maximum Gasteiger partial charge on any atom is 0.303 e. The van der Waals surface area contributed by atoms with Crippen molar-refractivity contribution in [3.8, 4) is 0 Å². The van der Waals surface area contributed by atoms with Gasteiger partial charge < -0.3 is 5.11 Å². The molecule has 0 spiro atoms. The van der Waals surface area contributed by atoms with Gasteiger partial charge in [0.05, 0.1) is 5.75 Å². The highest BCUT2D eigenvalue weighted by Gasteiger charge is 2.02. The Morgan fingerprint density at radius 1 is 1.25 bits per heavy atom. The minimum Gasteiger partial charge on any atom is -0.481 e. The van der Waals surface area contributed by atoms with Crippen LogP contribution in [0, 0.1) is 0 Å². The fourth-order valence-electron chi connectivity index (χ4n) is 0.737. The van der Waals surface area contributed by atoms with E-state index in [2.05, 4.69) is 11.7 Å². The highest BCUT2D eigenvalue weighted by atomic mass is 33.1. The third-order valence-electron chi connectivity index (χ3n) is 1.29. The SMILES string of the molecule is O=C(O)CCCCCS(=O)(=O)S. The third kappa shape index (κ3) is 9.77. The summed E-state index contributed by atoms with van der Waals surface area (Å²) in [4.78, 5) is 10.0. The maximum atomic E-state index is 10.5. The van der Waals surface area contributed by atoms with E-state index in [1.54, 1.807) is 0 Å². The van der Waals surface area contributed by atoms with Crippen molar-refractivity contribution < 1.29 is 18.3 Å². The Kier molecular flexibility index (Phi) is 5.32. The lowest BCUT2D eigenvalue weighted by atomic mass is 10.2. The van der Waals surface area contributed by atoms with Gasteiger partial charge in [0.1, 0.15) is 0 Å². The highest BCUT2D eigenvalue weighted by molar-refractivity contribution is 8.63. The van der Waals surface area contributed by atoms with E-state index in [9.17, 15) is 13.2 Å². The molecule has 0 unspecified atom stereocenters. The van der Waals surface area contributed by atoms with Gasteiger partial charge in [0.15, 0.2) is 8.87 Å². The molecule has 0 atom stereocenters.